The van der Waals surface area contributed by atoms with Crippen molar-refractivity contribution in [3.63, 3.8) is 0 Å². The highest BCUT2D eigenvalue weighted by atomic mass is 79.9. The van der Waals surface area contributed by atoms with E-state index in [1.54, 1.807) is 11.3 Å². The molecule has 1 N–H and O–H groups in total. The van der Waals surface area contributed by atoms with Gasteiger partial charge in [0.25, 0.3) is 0 Å². The maximum Gasteiger partial charge on any atom is 0.236 e. The molecule has 0 aliphatic carbocycles. The molecule has 6 heteroatoms. The highest BCUT2D eigenvalue weighted by Crippen LogP contribution is 2.36. The van der Waals surface area contributed by atoms with Crippen LogP contribution in [0, 0.1) is 0 Å². The number of benzene rings is 1. The molecule has 1 aromatic carbocycles. The van der Waals surface area contributed by atoms with Crippen molar-refractivity contribution in [2.45, 2.75) is 5.92 Å². The van der Waals surface area contributed by atoms with Gasteiger partial charge in [-0.2, -0.15) is 4.98 Å². The molecule has 1 unspecified atom stereocenters. The summed E-state index contributed by atoms with van der Waals surface area (Å²) in [5.74, 6) is 1.46. The molecule has 100 valence electrons. The molecule has 0 saturated heterocycles. The maximum absolute atomic E-state index is 5.46. The number of thiophene rings is 1. The van der Waals surface area contributed by atoms with Crippen molar-refractivity contribution in [2.24, 2.45) is 0 Å². The molecular formula is C14H10BrN3OS. The molecule has 3 aromatic rings. The van der Waals surface area contributed by atoms with Crippen LogP contribution in [0.4, 0.5) is 5.69 Å². The zero-order valence-corrected chi connectivity index (χ0v) is 12.7. The van der Waals surface area contributed by atoms with Crippen molar-refractivity contribution < 1.29 is 4.52 Å². The summed E-state index contributed by atoms with van der Waals surface area (Å²) >= 11 is 5.04. The topological polar surface area (TPSA) is 51.0 Å². The fourth-order valence-electron chi connectivity index (χ4n) is 2.42. The third-order valence-electron chi connectivity index (χ3n) is 3.37. The van der Waals surface area contributed by atoms with Crippen LogP contribution in [0.1, 0.15) is 17.4 Å². The number of para-hydroxylation sites is 1. The quantitative estimate of drug-likeness (QED) is 0.757. The zero-order chi connectivity index (χ0) is 13.5. The van der Waals surface area contributed by atoms with E-state index in [0.29, 0.717) is 11.7 Å². The van der Waals surface area contributed by atoms with Crippen LogP contribution in [0.5, 0.6) is 0 Å². The van der Waals surface area contributed by atoms with E-state index in [1.165, 1.54) is 5.56 Å². The Kier molecular flexibility index (Phi) is 2.85. The molecule has 0 saturated carbocycles. The van der Waals surface area contributed by atoms with Crippen LogP contribution >= 0.6 is 27.3 Å². The summed E-state index contributed by atoms with van der Waals surface area (Å²) in [7, 11) is 0. The minimum absolute atomic E-state index is 0.135. The molecule has 20 heavy (non-hydrogen) atoms. The summed E-state index contributed by atoms with van der Waals surface area (Å²) in [5, 5.41) is 7.46. The van der Waals surface area contributed by atoms with Crippen LogP contribution in [0.25, 0.3) is 10.7 Å². The van der Waals surface area contributed by atoms with Gasteiger partial charge in [0.05, 0.1) is 14.6 Å². The lowest BCUT2D eigenvalue weighted by atomic mass is 10.0. The Morgan fingerprint density at radius 1 is 1.25 bits per heavy atom. The molecule has 1 aliphatic heterocycles. The first-order chi connectivity index (χ1) is 9.81. The second-order valence-corrected chi connectivity index (χ2v) is 7.04. The van der Waals surface area contributed by atoms with Crippen molar-refractivity contribution in [2.75, 3.05) is 11.9 Å². The Morgan fingerprint density at radius 2 is 2.15 bits per heavy atom. The van der Waals surface area contributed by atoms with Crippen molar-refractivity contribution in [3.05, 3.63) is 51.6 Å². The highest BCUT2D eigenvalue weighted by Gasteiger charge is 2.28. The minimum atomic E-state index is 0.135. The predicted molar refractivity (Wildman–Crippen MR) is 82.1 cm³/mol. The largest absolute Gasteiger partial charge is 0.384 e. The average molecular weight is 348 g/mol. The molecule has 3 heterocycles. The number of nitrogens with one attached hydrogen (secondary N) is 1. The van der Waals surface area contributed by atoms with Gasteiger partial charge in [0.1, 0.15) is 0 Å². The van der Waals surface area contributed by atoms with Gasteiger partial charge in [0.15, 0.2) is 0 Å². The zero-order valence-electron chi connectivity index (χ0n) is 10.3. The molecule has 1 aliphatic rings. The summed E-state index contributed by atoms with van der Waals surface area (Å²) in [4.78, 5) is 5.55. The number of fused-ring (bicyclic) bond motifs is 1. The van der Waals surface area contributed by atoms with Gasteiger partial charge < -0.3 is 9.84 Å². The van der Waals surface area contributed by atoms with E-state index >= 15 is 0 Å². The first-order valence-electron chi connectivity index (χ1n) is 6.23. The molecule has 2 aromatic heterocycles. The highest BCUT2D eigenvalue weighted by molar-refractivity contribution is 9.11. The van der Waals surface area contributed by atoms with Gasteiger partial charge in [-0.1, -0.05) is 23.4 Å². The second kappa shape index (κ2) is 4.71. The smallest absolute Gasteiger partial charge is 0.236 e. The Hall–Kier alpha value is -1.66. The minimum Gasteiger partial charge on any atom is -0.384 e. The van der Waals surface area contributed by atoms with Gasteiger partial charge >= 0.3 is 0 Å². The fourth-order valence-corrected chi connectivity index (χ4v) is 3.73. The number of aromatic nitrogens is 2. The van der Waals surface area contributed by atoms with Crippen LogP contribution in [-0.4, -0.2) is 16.7 Å². The van der Waals surface area contributed by atoms with Gasteiger partial charge in [-0.3, -0.25) is 0 Å². The first-order valence-corrected chi connectivity index (χ1v) is 7.84. The first kappa shape index (κ1) is 12.1. The number of nitrogens with zero attached hydrogens (tertiary/aromatic N) is 2. The molecule has 0 radical (unpaired) electrons. The fraction of sp³-hybridized carbons (Fsp3) is 0.143. The Bertz CT molecular complexity index is 767. The maximum atomic E-state index is 5.46. The van der Waals surface area contributed by atoms with Crippen LogP contribution < -0.4 is 5.32 Å². The van der Waals surface area contributed by atoms with Crippen LogP contribution in [0.15, 0.2) is 44.7 Å². The Labute approximate surface area is 128 Å². The number of hydrogen-bond acceptors (Lipinski definition) is 5. The molecule has 1 atom stereocenters. The molecule has 0 fully saturated rings. The van der Waals surface area contributed by atoms with Crippen LogP contribution in [0.2, 0.25) is 0 Å². The van der Waals surface area contributed by atoms with E-state index < -0.39 is 0 Å². The molecule has 4 rings (SSSR count). The summed E-state index contributed by atoms with van der Waals surface area (Å²) < 4.78 is 6.52. The number of hydrogen-bond donors (Lipinski definition) is 1. The number of halogens is 1. The average Bonchev–Trinajstić information content (AvgIpc) is 3.15. The van der Waals surface area contributed by atoms with E-state index in [1.807, 2.05) is 24.3 Å². The van der Waals surface area contributed by atoms with Crippen molar-refractivity contribution in [1.29, 1.82) is 0 Å². The SMILES string of the molecule is Brc1ccc(-c2noc(C3CNc4ccccc43)n2)s1. The van der Waals surface area contributed by atoms with Crippen molar-refractivity contribution in [1.82, 2.24) is 10.1 Å². The molecule has 4 nitrogen and oxygen atoms in total. The lowest BCUT2D eigenvalue weighted by Gasteiger charge is -2.02. The van der Waals surface area contributed by atoms with Gasteiger partial charge in [-0.05, 0) is 39.7 Å². The van der Waals surface area contributed by atoms with E-state index in [9.17, 15) is 0 Å². The Balaban J connectivity index is 1.70. The summed E-state index contributed by atoms with van der Waals surface area (Å²) in [6.07, 6.45) is 0. The van der Waals surface area contributed by atoms with Gasteiger partial charge in [-0.15, -0.1) is 11.3 Å². The predicted octanol–water partition coefficient (Wildman–Crippen LogP) is 4.12. The van der Waals surface area contributed by atoms with E-state index in [4.69, 9.17) is 4.52 Å². The third-order valence-corrected chi connectivity index (χ3v) is 4.99. The molecular weight excluding hydrogens is 338 g/mol. The molecule has 0 spiro atoms. The number of rotatable bonds is 2. The van der Waals surface area contributed by atoms with E-state index in [2.05, 4.69) is 43.5 Å². The Morgan fingerprint density at radius 3 is 3.00 bits per heavy atom. The second-order valence-electron chi connectivity index (χ2n) is 4.58. The van der Waals surface area contributed by atoms with E-state index in [-0.39, 0.29) is 5.92 Å². The summed E-state index contributed by atoms with van der Waals surface area (Å²) in [6.45, 7) is 0.801. The van der Waals surface area contributed by atoms with Gasteiger partial charge in [0.2, 0.25) is 11.7 Å². The lowest BCUT2D eigenvalue weighted by molar-refractivity contribution is 0.371. The molecule has 0 bridgehead atoms. The van der Waals surface area contributed by atoms with Crippen LogP contribution in [-0.2, 0) is 0 Å². The normalized spacial score (nSPS) is 16.9. The van der Waals surface area contributed by atoms with Gasteiger partial charge in [0, 0.05) is 12.2 Å². The molecule has 0 amide bonds. The summed E-state index contributed by atoms with van der Waals surface area (Å²) in [6, 6.07) is 12.2. The van der Waals surface area contributed by atoms with Crippen molar-refractivity contribution >= 4 is 33.0 Å². The third kappa shape index (κ3) is 1.96. The van der Waals surface area contributed by atoms with E-state index in [0.717, 1.165) is 20.9 Å². The standard InChI is InChI=1S/C14H10BrN3OS/c15-12-6-5-11(20-12)13-17-14(19-18-13)9-7-16-10-4-2-1-3-8(9)10/h1-6,9,16H,7H2. The number of anilines is 1. The monoisotopic (exact) mass is 347 g/mol. The lowest BCUT2D eigenvalue weighted by Crippen LogP contribution is -2.03. The van der Waals surface area contributed by atoms with Crippen LogP contribution in [0.3, 0.4) is 0 Å². The summed E-state index contributed by atoms with van der Waals surface area (Å²) in [5.41, 5.74) is 2.37. The van der Waals surface area contributed by atoms with Gasteiger partial charge in [-0.25, -0.2) is 0 Å². The van der Waals surface area contributed by atoms with Crippen molar-refractivity contribution in [3.8, 4) is 10.7 Å².